The van der Waals surface area contributed by atoms with Crippen LogP contribution in [0.4, 0.5) is 0 Å². The van der Waals surface area contributed by atoms with E-state index in [2.05, 4.69) is 70.3 Å². The second-order valence-electron chi connectivity index (χ2n) is 4.58. The Balaban J connectivity index is 1.44. The molecule has 106 valence electrons. The van der Waals surface area contributed by atoms with Gasteiger partial charge in [0.15, 0.2) is 24.8 Å². The van der Waals surface area contributed by atoms with Crippen molar-refractivity contribution in [3.8, 4) is 0 Å². The number of aryl methyl sites for hydroxylation is 2. The summed E-state index contributed by atoms with van der Waals surface area (Å²) < 4.78 is 4.49. The monoisotopic (exact) mass is 306 g/mol. The van der Waals surface area contributed by atoms with Crippen molar-refractivity contribution in [2.75, 3.05) is 11.5 Å². The second-order valence-corrected chi connectivity index (χ2v) is 7.28. The van der Waals surface area contributed by atoms with Crippen molar-refractivity contribution < 1.29 is 9.13 Å². The van der Waals surface area contributed by atoms with E-state index in [-0.39, 0.29) is 0 Å². The number of aromatic nitrogens is 2. The van der Waals surface area contributed by atoms with Crippen LogP contribution in [0.5, 0.6) is 0 Å². The predicted molar refractivity (Wildman–Crippen MR) is 87.4 cm³/mol. The van der Waals surface area contributed by atoms with E-state index in [1.165, 1.54) is 24.3 Å². The molecule has 4 heteroatoms. The zero-order chi connectivity index (χ0) is 13.9. The molecule has 0 N–H and O–H groups in total. The lowest BCUT2D eigenvalue weighted by Gasteiger charge is -1.99. The highest BCUT2D eigenvalue weighted by atomic mass is 33.1. The van der Waals surface area contributed by atoms with Crippen LogP contribution in [-0.2, 0) is 13.1 Å². The summed E-state index contributed by atoms with van der Waals surface area (Å²) in [4.78, 5) is 0. The number of hydrogen-bond acceptors (Lipinski definition) is 2. The smallest absolute Gasteiger partial charge is 0.168 e. The molecule has 2 heterocycles. The van der Waals surface area contributed by atoms with Crippen LogP contribution < -0.4 is 9.13 Å². The third-order valence-electron chi connectivity index (χ3n) is 2.93. The molecule has 0 atom stereocenters. The van der Waals surface area contributed by atoms with E-state index in [1.54, 1.807) is 0 Å². The normalized spacial score (nSPS) is 10.6. The molecule has 0 bridgehead atoms. The molecule has 0 saturated heterocycles. The molecule has 0 aliphatic rings. The first kappa shape index (κ1) is 15.4. The van der Waals surface area contributed by atoms with Crippen LogP contribution in [0.1, 0.15) is 12.8 Å². The SMILES string of the molecule is c1cc[n+](CCCSSCCC[n+]2ccccc2)cc1. The fourth-order valence-electron chi connectivity index (χ4n) is 1.90. The summed E-state index contributed by atoms with van der Waals surface area (Å²) in [5.41, 5.74) is 0. The van der Waals surface area contributed by atoms with Gasteiger partial charge in [-0.2, -0.15) is 0 Å². The van der Waals surface area contributed by atoms with E-state index < -0.39 is 0 Å². The molecule has 0 saturated carbocycles. The van der Waals surface area contributed by atoms with E-state index in [4.69, 9.17) is 0 Å². The first-order valence-corrected chi connectivity index (χ1v) is 9.56. The van der Waals surface area contributed by atoms with Crippen molar-refractivity contribution >= 4 is 21.6 Å². The largest absolute Gasteiger partial charge is 0.205 e. The van der Waals surface area contributed by atoms with Gasteiger partial charge in [0.2, 0.25) is 0 Å². The van der Waals surface area contributed by atoms with Crippen molar-refractivity contribution in [3.05, 3.63) is 61.2 Å². The molecule has 2 nitrogen and oxygen atoms in total. The fraction of sp³-hybridized carbons (Fsp3) is 0.375. The average Bonchev–Trinajstić information content (AvgIpc) is 2.52. The van der Waals surface area contributed by atoms with Crippen molar-refractivity contribution in [3.63, 3.8) is 0 Å². The van der Waals surface area contributed by atoms with Gasteiger partial charge < -0.3 is 0 Å². The molecular formula is C16H22N2S2+2. The standard InChI is InChI=1S/C16H22N2S2/c1-3-9-17(10-4-1)13-7-15-19-20-16-8-14-18-11-5-2-6-12-18/h1-6,9-12H,7-8,13-16H2/q+2. The molecule has 0 fully saturated rings. The highest BCUT2D eigenvalue weighted by molar-refractivity contribution is 8.76. The summed E-state index contributed by atoms with van der Waals surface area (Å²) in [6, 6.07) is 12.5. The summed E-state index contributed by atoms with van der Waals surface area (Å²) in [5.74, 6) is 2.45. The molecule has 2 aromatic heterocycles. The van der Waals surface area contributed by atoms with Crippen LogP contribution in [0.3, 0.4) is 0 Å². The van der Waals surface area contributed by atoms with Crippen LogP contribution >= 0.6 is 21.6 Å². The number of nitrogens with zero attached hydrogens (tertiary/aromatic N) is 2. The van der Waals surface area contributed by atoms with Crippen LogP contribution in [0, 0.1) is 0 Å². The Bertz CT molecular complexity index is 417. The fourth-order valence-corrected chi connectivity index (χ4v) is 4.04. The summed E-state index contributed by atoms with van der Waals surface area (Å²) in [6.07, 6.45) is 11.0. The molecule has 0 amide bonds. The minimum atomic E-state index is 1.12. The quantitative estimate of drug-likeness (QED) is 0.399. The number of hydrogen-bond donors (Lipinski definition) is 0. The summed E-state index contributed by atoms with van der Waals surface area (Å²) in [5, 5.41) is 0. The Morgan fingerprint density at radius 2 is 0.950 bits per heavy atom. The highest BCUT2D eigenvalue weighted by Crippen LogP contribution is 2.22. The van der Waals surface area contributed by atoms with Crippen LogP contribution in [-0.4, -0.2) is 11.5 Å². The molecule has 0 aliphatic carbocycles. The third-order valence-corrected chi connectivity index (χ3v) is 5.50. The van der Waals surface area contributed by atoms with Gasteiger partial charge in [-0.05, 0) is 0 Å². The summed E-state index contributed by atoms with van der Waals surface area (Å²) >= 11 is 0. The Morgan fingerprint density at radius 3 is 1.35 bits per heavy atom. The molecular weight excluding hydrogens is 284 g/mol. The van der Waals surface area contributed by atoms with Crippen molar-refractivity contribution in [2.24, 2.45) is 0 Å². The maximum atomic E-state index is 2.25. The van der Waals surface area contributed by atoms with Gasteiger partial charge in [0.05, 0.1) is 0 Å². The zero-order valence-electron chi connectivity index (χ0n) is 11.7. The van der Waals surface area contributed by atoms with Crippen molar-refractivity contribution in [2.45, 2.75) is 25.9 Å². The highest BCUT2D eigenvalue weighted by Gasteiger charge is 2.00. The lowest BCUT2D eigenvalue weighted by Crippen LogP contribution is -2.32. The Kier molecular flexibility index (Phi) is 7.57. The number of pyridine rings is 2. The average molecular weight is 306 g/mol. The predicted octanol–water partition coefficient (Wildman–Crippen LogP) is 3.12. The van der Waals surface area contributed by atoms with Gasteiger partial charge in [0.1, 0.15) is 13.1 Å². The summed E-state index contributed by atoms with van der Waals surface area (Å²) in [7, 11) is 4.00. The minimum absolute atomic E-state index is 1.12. The Labute approximate surface area is 129 Å². The first-order chi connectivity index (χ1) is 9.95. The maximum Gasteiger partial charge on any atom is 0.168 e. The van der Waals surface area contributed by atoms with Gasteiger partial charge in [0.25, 0.3) is 0 Å². The molecule has 0 aromatic carbocycles. The van der Waals surface area contributed by atoms with Crippen LogP contribution in [0.25, 0.3) is 0 Å². The lowest BCUT2D eigenvalue weighted by molar-refractivity contribution is -0.697. The summed E-state index contributed by atoms with van der Waals surface area (Å²) in [6.45, 7) is 2.24. The van der Waals surface area contributed by atoms with Gasteiger partial charge in [-0.3, -0.25) is 0 Å². The van der Waals surface area contributed by atoms with Gasteiger partial charge in [-0.1, -0.05) is 33.7 Å². The van der Waals surface area contributed by atoms with Gasteiger partial charge in [-0.25, -0.2) is 9.13 Å². The third kappa shape index (κ3) is 6.44. The van der Waals surface area contributed by atoms with Gasteiger partial charge in [-0.15, -0.1) is 0 Å². The Hall–Kier alpha value is -1.00. The number of rotatable bonds is 9. The van der Waals surface area contributed by atoms with Crippen LogP contribution in [0.2, 0.25) is 0 Å². The van der Waals surface area contributed by atoms with E-state index in [9.17, 15) is 0 Å². The molecule has 0 aliphatic heterocycles. The first-order valence-electron chi connectivity index (χ1n) is 7.08. The topological polar surface area (TPSA) is 7.76 Å². The van der Waals surface area contributed by atoms with Crippen molar-refractivity contribution in [1.29, 1.82) is 0 Å². The maximum absolute atomic E-state index is 2.25. The molecule has 0 spiro atoms. The molecule has 20 heavy (non-hydrogen) atoms. The van der Waals surface area contributed by atoms with E-state index in [0.717, 1.165) is 13.1 Å². The minimum Gasteiger partial charge on any atom is -0.205 e. The van der Waals surface area contributed by atoms with Gasteiger partial charge >= 0.3 is 0 Å². The lowest BCUT2D eigenvalue weighted by atomic mass is 10.4. The van der Waals surface area contributed by atoms with Crippen molar-refractivity contribution in [1.82, 2.24) is 0 Å². The Morgan fingerprint density at radius 1 is 0.550 bits per heavy atom. The molecule has 2 aromatic rings. The molecule has 0 radical (unpaired) electrons. The zero-order valence-corrected chi connectivity index (χ0v) is 13.4. The van der Waals surface area contributed by atoms with Gasteiger partial charge in [0, 0.05) is 48.6 Å². The van der Waals surface area contributed by atoms with E-state index >= 15 is 0 Å². The van der Waals surface area contributed by atoms with E-state index in [0.29, 0.717) is 0 Å². The molecule has 2 rings (SSSR count). The second kappa shape index (κ2) is 9.83. The van der Waals surface area contributed by atoms with Crippen LogP contribution in [0.15, 0.2) is 61.2 Å². The molecule has 0 unspecified atom stereocenters. The van der Waals surface area contributed by atoms with E-state index in [1.807, 2.05) is 21.6 Å².